The van der Waals surface area contributed by atoms with E-state index in [0.29, 0.717) is 13.2 Å². The Bertz CT molecular complexity index is 317. The summed E-state index contributed by atoms with van der Waals surface area (Å²) < 4.78 is 10.3. The maximum Gasteiger partial charge on any atom is 0.408 e. The van der Waals surface area contributed by atoms with Crippen molar-refractivity contribution in [2.24, 2.45) is 0 Å². The quantitative estimate of drug-likeness (QED) is 0.756. The predicted octanol–water partition coefficient (Wildman–Crippen LogP) is 1.34. The molecule has 0 aromatic rings. The second kappa shape index (κ2) is 5.82. The van der Waals surface area contributed by atoms with Crippen LogP contribution in [0.5, 0.6) is 0 Å². The lowest BCUT2D eigenvalue weighted by atomic mass is 10.1. The van der Waals surface area contributed by atoms with E-state index in [0.717, 1.165) is 12.0 Å². The van der Waals surface area contributed by atoms with Crippen LogP contribution in [0.25, 0.3) is 0 Å². The van der Waals surface area contributed by atoms with Gasteiger partial charge in [-0.3, -0.25) is 4.79 Å². The molecule has 0 saturated carbocycles. The van der Waals surface area contributed by atoms with Crippen LogP contribution in [-0.2, 0) is 14.3 Å². The van der Waals surface area contributed by atoms with Gasteiger partial charge in [0.1, 0.15) is 11.6 Å². The van der Waals surface area contributed by atoms with Gasteiger partial charge in [-0.15, -0.1) is 0 Å². The van der Waals surface area contributed by atoms with Crippen LogP contribution in [0.4, 0.5) is 4.79 Å². The van der Waals surface area contributed by atoms with E-state index in [1.807, 2.05) is 6.08 Å². The minimum Gasteiger partial charge on any atom is -0.444 e. The second-order valence-corrected chi connectivity index (χ2v) is 4.82. The molecule has 0 spiro atoms. The third-order valence-electron chi connectivity index (χ3n) is 2.09. The average molecular weight is 240 g/mol. The van der Waals surface area contributed by atoms with Gasteiger partial charge in [-0.2, -0.15) is 0 Å². The molecule has 1 aliphatic rings. The standard InChI is InChI=1S/C12H18NO4/c1-12(2,3)17-11(15)13-10(7-14)9-5-4-6-16-8-9/h5,10H,4,6,8H2,1-3H3,(H,13,15). The Balaban J connectivity index is 2.55. The predicted molar refractivity (Wildman–Crippen MR) is 62.4 cm³/mol. The van der Waals surface area contributed by atoms with Crippen LogP contribution in [0.2, 0.25) is 0 Å². The largest absolute Gasteiger partial charge is 0.444 e. The lowest BCUT2D eigenvalue weighted by molar-refractivity contribution is 0.0518. The van der Waals surface area contributed by atoms with Crippen molar-refractivity contribution in [3.05, 3.63) is 11.6 Å². The van der Waals surface area contributed by atoms with E-state index < -0.39 is 17.7 Å². The molecule has 0 aromatic heterocycles. The van der Waals surface area contributed by atoms with Gasteiger partial charge < -0.3 is 14.8 Å². The van der Waals surface area contributed by atoms with E-state index in [4.69, 9.17) is 9.47 Å². The fraction of sp³-hybridized carbons (Fsp3) is 0.667. The van der Waals surface area contributed by atoms with Crippen molar-refractivity contribution in [3.8, 4) is 0 Å². The first-order valence-corrected chi connectivity index (χ1v) is 5.56. The molecular weight excluding hydrogens is 222 g/mol. The molecule has 0 saturated heterocycles. The van der Waals surface area contributed by atoms with Gasteiger partial charge in [-0.25, -0.2) is 4.79 Å². The van der Waals surface area contributed by atoms with Gasteiger partial charge in [0.15, 0.2) is 0 Å². The highest BCUT2D eigenvalue weighted by atomic mass is 16.6. The molecule has 5 heteroatoms. The Labute approximate surface area is 101 Å². The molecule has 5 nitrogen and oxygen atoms in total. The molecule has 1 radical (unpaired) electrons. The number of amides is 1. The lowest BCUT2D eigenvalue weighted by Gasteiger charge is -2.23. The molecule has 1 unspecified atom stereocenters. The van der Waals surface area contributed by atoms with E-state index in [1.165, 1.54) is 0 Å². The third kappa shape index (κ3) is 4.99. The fourth-order valence-electron chi connectivity index (χ4n) is 1.40. The lowest BCUT2D eigenvalue weighted by Crippen LogP contribution is -2.42. The van der Waals surface area contributed by atoms with Crippen LogP contribution in [-0.4, -0.2) is 37.2 Å². The summed E-state index contributed by atoms with van der Waals surface area (Å²) >= 11 is 0. The molecule has 0 bridgehead atoms. The smallest absolute Gasteiger partial charge is 0.408 e. The molecule has 0 aromatic carbocycles. The molecule has 1 N–H and O–H groups in total. The number of carbonyl (C=O) groups is 1. The number of carbonyl (C=O) groups excluding carboxylic acids is 2. The van der Waals surface area contributed by atoms with Crippen LogP contribution in [0.15, 0.2) is 11.6 Å². The third-order valence-corrected chi connectivity index (χ3v) is 2.09. The van der Waals surface area contributed by atoms with Crippen molar-refractivity contribution in [2.45, 2.75) is 38.8 Å². The van der Waals surface area contributed by atoms with Gasteiger partial charge >= 0.3 is 6.09 Å². The molecule has 0 aliphatic carbocycles. The van der Waals surface area contributed by atoms with E-state index in [-0.39, 0.29) is 0 Å². The molecular formula is C12H18NO4. The molecule has 1 aliphatic heterocycles. The molecule has 1 heterocycles. The minimum atomic E-state index is -0.787. The number of hydrogen-bond donors (Lipinski definition) is 1. The summed E-state index contributed by atoms with van der Waals surface area (Å²) in [5, 5.41) is 2.46. The van der Waals surface area contributed by atoms with Crippen LogP contribution in [0.3, 0.4) is 0 Å². The van der Waals surface area contributed by atoms with E-state index in [1.54, 1.807) is 27.1 Å². The molecule has 1 rings (SSSR count). The Hall–Kier alpha value is -1.36. The van der Waals surface area contributed by atoms with E-state index in [9.17, 15) is 9.59 Å². The number of hydrogen-bond acceptors (Lipinski definition) is 4. The summed E-state index contributed by atoms with van der Waals surface area (Å²) in [5.41, 5.74) is 0.131. The summed E-state index contributed by atoms with van der Waals surface area (Å²) in [7, 11) is 0. The maximum atomic E-state index is 11.5. The van der Waals surface area contributed by atoms with Crippen LogP contribution < -0.4 is 5.32 Å². The van der Waals surface area contributed by atoms with Crippen molar-refractivity contribution in [2.75, 3.05) is 13.2 Å². The number of ether oxygens (including phenoxy) is 2. The van der Waals surface area contributed by atoms with Gasteiger partial charge in [0.05, 0.1) is 13.2 Å². The SMILES string of the molecule is CC(C)(C)OC(=O)NC([C]=O)C1=CCCOC1. The highest BCUT2D eigenvalue weighted by Crippen LogP contribution is 2.11. The summed E-state index contributed by atoms with van der Waals surface area (Å²) in [6, 6.07) is -0.787. The first-order chi connectivity index (χ1) is 7.92. The van der Waals surface area contributed by atoms with E-state index >= 15 is 0 Å². The molecule has 17 heavy (non-hydrogen) atoms. The zero-order valence-corrected chi connectivity index (χ0v) is 10.4. The van der Waals surface area contributed by atoms with E-state index in [2.05, 4.69) is 5.32 Å². The highest BCUT2D eigenvalue weighted by Gasteiger charge is 2.22. The highest BCUT2D eigenvalue weighted by molar-refractivity contribution is 5.76. The van der Waals surface area contributed by atoms with Gasteiger partial charge in [0, 0.05) is 0 Å². The first kappa shape index (κ1) is 13.7. The Morgan fingerprint density at radius 1 is 1.59 bits per heavy atom. The first-order valence-electron chi connectivity index (χ1n) is 5.56. The van der Waals surface area contributed by atoms with Gasteiger partial charge in [0.2, 0.25) is 6.29 Å². The zero-order chi connectivity index (χ0) is 12.9. The number of rotatable bonds is 3. The van der Waals surface area contributed by atoms with Crippen LogP contribution in [0.1, 0.15) is 27.2 Å². The van der Waals surface area contributed by atoms with Gasteiger partial charge in [-0.1, -0.05) is 6.08 Å². The van der Waals surface area contributed by atoms with Crippen LogP contribution in [0, 0.1) is 0 Å². The summed E-state index contributed by atoms with van der Waals surface area (Å²) in [6.45, 7) is 6.26. The molecule has 0 fully saturated rings. The average Bonchev–Trinajstić information content (AvgIpc) is 2.24. The summed E-state index contributed by atoms with van der Waals surface area (Å²) in [4.78, 5) is 22.3. The summed E-state index contributed by atoms with van der Waals surface area (Å²) in [6.07, 6.45) is 3.78. The second-order valence-electron chi connectivity index (χ2n) is 4.82. The summed E-state index contributed by atoms with van der Waals surface area (Å²) in [5.74, 6) is 0. The van der Waals surface area contributed by atoms with Gasteiger partial charge in [-0.05, 0) is 32.8 Å². The number of alkyl carbamates (subject to hydrolysis) is 1. The monoisotopic (exact) mass is 240 g/mol. The normalized spacial score (nSPS) is 17.9. The molecule has 1 atom stereocenters. The topological polar surface area (TPSA) is 64.6 Å². The van der Waals surface area contributed by atoms with Crippen molar-refractivity contribution in [3.63, 3.8) is 0 Å². The molecule has 95 valence electrons. The zero-order valence-electron chi connectivity index (χ0n) is 10.4. The Morgan fingerprint density at radius 2 is 2.29 bits per heavy atom. The fourth-order valence-corrected chi connectivity index (χ4v) is 1.40. The maximum absolute atomic E-state index is 11.5. The Kier molecular flexibility index (Phi) is 4.69. The van der Waals surface area contributed by atoms with Crippen LogP contribution >= 0.6 is 0 Å². The van der Waals surface area contributed by atoms with Crippen molar-refractivity contribution in [1.82, 2.24) is 5.32 Å². The minimum absolute atomic E-state index is 0.343. The molecule has 1 amide bonds. The Morgan fingerprint density at radius 3 is 2.76 bits per heavy atom. The van der Waals surface area contributed by atoms with Crippen molar-refractivity contribution < 1.29 is 19.1 Å². The number of nitrogens with one attached hydrogen (secondary N) is 1. The van der Waals surface area contributed by atoms with Crippen molar-refractivity contribution in [1.29, 1.82) is 0 Å². The van der Waals surface area contributed by atoms with Gasteiger partial charge in [0.25, 0.3) is 0 Å². The van der Waals surface area contributed by atoms with Crippen molar-refractivity contribution >= 4 is 12.4 Å².